The summed E-state index contributed by atoms with van der Waals surface area (Å²) in [5.41, 5.74) is 6.89. The van der Waals surface area contributed by atoms with Gasteiger partial charge in [0.2, 0.25) is 5.91 Å². The predicted octanol–water partition coefficient (Wildman–Crippen LogP) is 5.22. The maximum atomic E-state index is 13.1. The van der Waals surface area contributed by atoms with Gasteiger partial charge in [0.25, 0.3) is 5.91 Å². The Morgan fingerprint density at radius 3 is 2.61 bits per heavy atom. The summed E-state index contributed by atoms with van der Waals surface area (Å²) in [5.74, 6) is 0.564. The molecular weight excluding hydrogens is 472 g/mol. The second-order valence-corrected chi connectivity index (χ2v) is 10.0. The summed E-state index contributed by atoms with van der Waals surface area (Å²) in [4.78, 5) is 35.2. The third-order valence-corrected chi connectivity index (χ3v) is 7.70. The van der Waals surface area contributed by atoms with Crippen molar-refractivity contribution in [3.8, 4) is 11.3 Å². The van der Waals surface area contributed by atoms with E-state index in [1.807, 2.05) is 72.8 Å². The molecule has 3 heterocycles. The number of aromatic nitrogens is 2. The predicted molar refractivity (Wildman–Crippen MR) is 147 cm³/mol. The summed E-state index contributed by atoms with van der Waals surface area (Å²) in [6, 6.07) is 29.6. The molecule has 0 bridgehead atoms. The van der Waals surface area contributed by atoms with Crippen molar-refractivity contribution < 1.29 is 9.59 Å². The van der Waals surface area contributed by atoms with Crippen molar-refractivity contribution in [3.05, 3.63) is 125 Å². The maximum absolute atomic E-state index is 13.1. The van der Waals surface area contributed by atoms with Crippen molar-refractivity contribution in [1.82, 2.24) is 15.3 Å². The molecular formula is C32H24N4O2. The van der Waals surface area contributed by atoms with Gasteiger partial charge < -0.3 is 10.6 Å². The van der Waals surface area contributed by atoms with E-state index in [0.29, 0.717) is 30.8 Å². The number of nitrogens with zero attached hydrogens (tertiary/aromatic N) is 2. The van der Waals surface area contributed by atoms with Gasteiger partial charge in [-0.1, -0.05) is 54.6 Å². The summed E-state index contributed by atoms with van der Waals surface area (Å²) in [6.07, 6.45) is 3.00. The molecule has 1 spiro atoms. The first-order chi connectivity index (χ1) is 18.6. The second-order valence-electron chi connectivity index (χ2n) is 10.0. The summed E-state index contributed by atoms with van der Waals surface area (Å²) in [5, 5.41) is 6.99. The number of hydrogen-bond donors (Lipinski definition) is 2. The molecule has 0 saturated heterocycles. The number of pyridine rings is 2. The lowest BCUT2D eigenvalue weighted by molar-refractivity contribution is -0.120. The Hall–Kier alpha value is -4.84. The SMILES string of the molecule is O=C(NCc1ccccc1)c1cccc(-c2ccc3cc4c(cc3n2)CC2(C4)C(=O)Nc3ncccc32)c1. The molecule has 2 aliphatic rings. The smallest absolute Gasteiger partial charge is 0.251 e. The first-order valence-corrected chi connectivity index (χ1v) is 12.7. The van der Waals surface area contributed by atoms with Crippen LogP contribution in [0.25, 0.3) is 22.2 Å². The maximum Gasteiger partial charge on any atom is 0.251 e. The molecule has 1 unspecified atom stereocenters. The van der Waals surface area contributed by atoms with Crippen LogP contribution in [0.4, 0.5) is 5.82 Å². The number of amides is 2. The highest BCUT2D eigenvalue weighted by Crippen LogP contribution is 2.47. The first kappa shape index (κ1) is 22.4. The van der Waals surface area contributed by atoms with Crippen molar-refractivity contribution in [1.29, 1.82) is 0 Å². The molecule has 6 heteroatoms. The highest BCUT2D eigenvalue weighted by atomic mass is 16.2. The zero-order valence-electron chi connectivity index (χ0n) is 20.6. The van der Waals surface area contributed by atoms with Crippen LogP contribution in [-0.2, 0) is 29.6 Å². The molecule has 7 rings (SSSR count). The van der Waals surface area contributed by atoms with Gasteiger partial charge in [0.1, 0.15) is 5.82 Å². The monoisotopic (exact) mass is 496 g/mol. The fourth-order valence-corrected chi connectivity index (χ4v) is 5.76. The standard InChI is InChI=1S/C32H24N4O2/c37-30(34-19-20-6-2-1-3-7-20)23-9-4-8-21(14-23)27-12-11-22-15-24-17-32(18-25(24)16-28(22)35-27)26-10-5-13-33-29(26)36-31(32)38/h1-16H,17-19H2,(H,34,37)(H,33,36,38). The zero-order valence-corrected chi connectivity index (χ0v) is 20.6. The first-order valence-electron chi connectivity index (χ1n) is 12.7. The third-order valence-electron chi connectivity index (χ3n) is 7.70. The van der Waals surface area contributed by atoms with E-state index in [1.165, 1.54) is 5.56 Å². The molecule has 1 atom stereocenters. The van der Waals surface area contributed by atoms with Crippen LogP contribution in [-0.4, -0.2) is 21.8 Å². The largest absolute Gasteiger partial charge is 0.348 e. The van der Waals surface area contributed by atoms with Crippen LogP contribution in [0.5, 0.6) is 0 Å². The van der Waals surface area contributed by atoms with Gasteiger partial charge in [-0.2, -0.15) is 0 Å². The summed E-state index contributed by atoms with van der Waals surface area (Å²) >= 11 is 0. The fourth-order valence-electron chi connectivity index (χ4n) is 5.76. The van der Waals surface area contributed by atoms with E-state index in [9.17, 15) is 9.59 Å². The summed E-state index contributed by atoms with van der Waals surface area (Å²) in [7, 11) is 0. The highest BCUT2D eigenvalue weighted by Gasteiger charge is 2.51. The van der Waals surface area contributed by atoms with E-state index in [4.69, 9.17) is 4.98 Å². The summed E-state index contributed by atoms with van der Waals surface area (Å²) in [6.45, 7) is 0.475. The molecule has 184 valence electrons. The number of carbonyl (C=O) groups is 2. The van der Waals surface area contributed by atoms with Gasteiger partial charge in [0, 0.05) is 34.8 Å². The van der Waals surface area contributed by atoms with Crippen LogP contribution in [0.1, 0.15) is 32.6 Å². The van der Waals surface area contributed by atoms with Crippen LogP contribution in [0.3, 0.4) is 0 Å². The van der Waals surface area contributed by atoms with Gasteiger partial charge in [0.15, 0.2) is 0 Å². The Balaban J connectivity index is 1.17. The van der Waals surface area contributed by atoms with Crippen molar-refractivity contribution >= 4 is 28.5 Å². The van der Waals surface area contributed by atoms with Crippen molar-refractivity contribution in [2.45, 2.75) is 24.8 Å². The normalized spacial score (nSPS) is 17.3. The minimum atomic E-state index is -0.604. The Kier molecular flexibility index (Phi) is 5.08. The van der Waals surface area contributed by atoms with Crippen LogP contribution < -0.4 is 10.6 Å². The van der Waals surface area contributed by atoms with Crippen LogP contribution in [0, 0.1) is 0 Å². The van der Waals surface area contributed by atoms with Gasteiger partial charge in [-0.3, -0.25) is 9.59 Å². The van der Waals surface area contributed by atoms with Gasteiger partial charge in [-0.05, 0) is 65.9 Å². The Morgan fingerprint density at radius 2 is 1.74 bits per heavy atom. The minimum Gasteiger partial charge on any atom is -0.348 e. The summed E-state index contributed by atoms with van der Waals surface area (Å²) < 4.78 is 0. The zero-order chi connectivity index (χ0) is 25.7. The molecule has 3 aromatic carbocycles. The number of nitrogens with one attached hydrogen (secondary N) is 2. The minimum absolute atomic E-state index is 0.0162. The molecule has 0 saturated carbocycles. The van der Waals surface area contributed by atoms with Crippen LogP contribution in [0.2, 0.25) is 0 Å². The van der Waals surface area contributed by atoms with E-state index in [1.54, 1.807) is 6.20 Å². The number of anilines is 1. The van der Waals surface area contributed by atoms with E-state index in [-0.39, 0.29) is 11.8 Å². The lowest BCUT2D eigenvalue weighted by Gasteiger charge is -2.20. The third kappa shape index (κ3) is 3.65. The molecule has 1 aliphatic heterocycles. The molecule has 2 aromatic heterocycles. The fraction of sp³-hybridized carbons (Fsp3) is 0.125. The topological polar surface area (TPSA) is 84.0 Å². The van der Waals surface area contributed by atoms with Gasteiger partial charge in [-0.25, -0.2) is 9.97 Å². The average molecular weight is 497 g/mol. The number of hydrogen-bond acceptors (Lipinski definition) is 4. The van der Waals surface area contributed by atoms with E-state index < -0.39 is 5.41 Å². The molecule has 38 heavy (non-hydrogen) atoms. The van der Waals surface area contributed by atoms with Gasteiger partial charge in [-0.15, -0.1) is 0 Å². The number of rotatable bonds is 4. The molecule has 2 N–H and O–H groups in total. The molecule has 6 nitrogen and oxygen atoms in total. The molecule has 0 fully saturated rings. The van der Waals surface area contributed by atoms with Gasteiger partial charge in [0.05, 0.1) is 16.6 Å². The van der Waals surface area contributed by atoms with E-state index >= 15 is 0 Å². The lowest BCUT2D eigenvalue weighted by atomic mass is 9.79. The van der Waals surface area contributed by atoms with E-state index in [2.05, 4.69) is 33.8 Å². The Labute approximate surface area is 219 Å². The van der Waals surface area contributed by atoms with Gasteiger partial charge >= 0.3 is 0 Å². The number of carbonyl (C=O) groups excluding carboxylic acids is 2. The average Bonchev–Trinajstić information content (AvgIpc) is 3.47. The number of benzene rings is 3. The van der Waals surface area contributed by atoms with Crippen LogP contribution in [0.15, 0.2) is 97.2 Å². The van der Waals surface area contributed by atoms with E-state index in [0.717, 1.165) is 38.9 Å². The quantitative estimate of drug-likeness (QED) is 0.358. The van der Waals surface area contributed by atoms with Crippen molar-refractivity contribution in [3.63, 3.8) is 0 Å². The molecule has 1 aliphatic carbocycles. The van der Waals surface area contributed by atoms with Crippen molar-refractivity contribution in [2.24, 2.45) is 0 Å². The Morgan fingerprint density at radius 1 is 0.895 bits per heavy atom. The molecule has 0 radical (unpaired) electrons. The molecule has 2 amide bonds. The molecule has 5 aromatic rings. The Bertz CT molecular complexity index is 1750. The highest BCUT2D eigenvalue weighted by molar-refractivity contribution is 6.06. The second kappa shape index (κ2) is 8.63. The lowest BCUT2D eigenvalue weighted by Crippen LogP contribution is -2.35. The number of fused-ring (bicyclic) bond motifs is 4. The van der Waals surface area contributed by atoms with Crippen LogP contribution >= 0.6 is 0 Å². The van der Waals surface area contributed by atoms with Crippen molar-refractivity contribution in [2.75, 3.05) is 5.32 Å².